The summed E-state index contributed by atoms with van der Waals surface area (Å²) in [5, 5.41) is 3.69. The number of carbonyl (C=O) groups is 1. The summed E-state index contributed by atoms with van der Waals surface area (Å²) in [5.41, 5.74) is -0.970. The normalized spacial score (nSPS) is 18.9. The number of nitrogens with zero attached hydrogens (tertiary/aromatic N) is 5. The highest BCUT2D eigenvalue weighted by molar-refractivity contribution is 7.99. The Balaban J connectivity index is 1.41. The molecule has 13 heteroatoms. The van der Waals surface area contributed by atoms with Gasteiger partial charge in [-0.1, -0.05) is 0 Å². The Kier molecular flexibility index (Phi) is 7.53. The summed E-state index contributed by atoms with van der Waals surface area (Å²) in [6, 6.07) is 3.41. The molecule has 2 fully saturated rings. The molecular weight excluding hydrogens is 531 g/mol. The van der Waals surface area contributed by atoms with Crippen molar-refractivity contribution in [3.8, 4) is 11.3 Å². The fourth-order valence-corrected chi connectivity index (χ4v) is 5.70. The summed E-state index contributed by atoms with van der Waals surface area (Å²) >= 11 is 1.89. The zero-order valence-corrected chi connectivity index (χ0v) is 23.0. The smallest absolute Gasteiger partial charge is 0.419 e. The number of H-pyrrole nitrogens is 1. The van der Waals surface area contributed by atoms with E-state index in [2.05, 4.69) is 30.2 Å². The number of halogens is 3. The molecule has 0 radical (unpaired) electrons. The standard InChI is InChI=1S/C26H32F3N7O2S/c1-25(2,3)38-24(37)36-8-4-5-16(15-36)32-23-31-14-19(26(27,28)29)21(34-23)18-13-30-22-17(18)6-7-20(33-22)35-9-11-39-12-10-35/h6-7,13-14,16H,4-5,8-12,15H2,1-3H3,(H,30,33)(H,31,32,34)/t16-/m0/s1. The van der Waals surface area contributed by atoms with Crippen molar-refractivity contribution >= 4 is 40.7 Å². The van der Waals surface area contributed by atoms with Gasteiger partial charge in [0.2, 0.25) is 5.95 Å². The van der Waals surface area contributed by atoms with Gasteiger partial charge < -0.3 is 24.8 Å². The molecule has 0 saturated carbocycles. The fraction of sp³-hybridized carbons (Fsp3) is 0.538. The molecule has 0 aromatic carbocycles. The van der Waals surface area contributed by atoms with Gasteiger partial charge in [0.1, 0.15) is 22.6 Å². The third-order valence-electron chi connectivity index (χ3n) is 6.61. The SMILES string of the molecule is CC(C)(C)OC(=O)N1CCC[C@H](Nc2ncc(C(F)(F)F)c(-c3c[nH]c4nc(N5CCSCC5)ccc34)n2)C1. The Hall–Kier alpha value is -3.22. The number of anilines is 2. The van der Waals surface area contributed by atoms with Crippen molar-refractivity contribution in [1.82, 2.24) is 24.8 Å². The van der Waals surface area contributed by atoms with E-state index in [9.17, 15) is 18.0 Å². The van der Waals surface area contributed by atoms with Gasteiger partial charge in [-0.3, -0.25) is 0 Å². The van der Waals surface area contributed by atoms with Crippen molar-refractivity contribution in [1.29, 1.82) is 0 Å². The lowest BCUT2D eigenvalue weighted by molar-refractivity contribution is -0.137. The molecule has 0 spiro atoms. The molecule has 210 valence electrons. The second kappa shape index (κ2) is 10.7. The molecule has 2 aliphatic heterocycles. The minimum absolute atomic E-state index is 0.0683. The second-order valence-electron chi connectivity index (χ2n) is 10.7. The monoisotopic (exact) mass is 563 g/mol. The summed E-state index contributed by atoms with van der Waals surface area (Å²) in [5.74, 6) is 2.89. The number of aromatic amines is 1. The van der Waals surface area contributed by atoms with Crippen LogP contribution >= 0.6 is 11.8 Å². The molecule has 0 bridgehead atoms. The number of hydrogen-bond donors (Lipinski definition) is 2. The summed E-state index contributed by atoms with van der Waals surface area (Å²) < 4.78 is 47.5. The van der Waals surface area contributed by atoms with Crippen LogP contribution in [0, 0.1) is 0 Å². The average molecular weight is 564 g/mol. The van der Waals surface area contributed by atoms with Crippen molar-refractivity contribution < 1.29 is 22.7 Å². The quantitative estimate of drug-likeness (QED) is 0.435. The summed E-state index contributed by atoms with van der Waals surface area (Å²) in [4.78, 5) is 32.3. The number of ether oxygens (including phenoxy) is 1. The molecule has 2 aliphatic rings. The first-order valence-corrected chi connectivity index (χ1v) is 14.1. The predicted molar refractivity (Wildman–Crippen MR) is 146 cm³/mol. The number of alkyl halides is 3. The van der Waals surface area contributed by atoms with E-state index in [0.717, 1.165) is 43.0 Å². The Bertz CT molecular complexity index is 1340. The third kappa shape index (κ3) is 6.34. The van der Waals surface area contributed by atoms with E-state index in [-0.39, 0.29) is 17.7 Å². The molecule has 5 rings (SSSR count). The van der Waals surface area contributed by atoms with Gasteiger partial charge >= 0.3 is 12.3 Å². The lowest BCUT2D eigenvalue weighted by atomic mass is 10.1. The van der Waals surface area contributed by atoms with Crippen LogP contribution in [0.15, 0.2) is 24.5 Å². The molecule has 2 saturated heterocycles. The van der Waals surface area contributed by atoms with Gasteiger partial charge in [0.05, 0.1) is 5.69 Å². The zero-order chi connectivity index (χ0) is 27.8. The van der Waals surface area contributed by atoms with Crippen LogP contribution in [0.25, 0.3) is 22.3 Å². The number of aromatic nitrogens is 4. The number of hydrogen-bond acceptors (Lipinski definition) is 8. The van der Waals surface area contributed by atoms with E-state index >= 15 is 0 Å². The minimum atomic E-state index is -4.64. The van der Waals surface area contributed by atoms with Crippen LogP contribution in [0.5, 0.6) is 0 Å². The van der Waals surface area contributed by atoms with E-state index in [1.807, 2.05) is 17.8 Å². The molecule has 1 atom stereocenters. The molecule has 9 nitrogen and oxygen atoms in total. The largest absolute Gasteiger partial charge is 0.444 e. The van der Waals surface area contributed by atoms with Gasteiger partial charge in [0.25, 0.3) is 0 Å². The number of likely N-dealkylation sites (tertiary alicyclic amines) is 1. The number of rotatable bonds is 4. The van der Waals surface area contributed by atoms with E-state index < -0.39 is 23.4 Å². The molecule has 1 amide bonds. The molecular formula is C26H32F3N7O2S. The lowest BCUT2D eigenvalue weighted by Crippen LogP contribution is -2.47. The number of nitrogens with one attached hydrogen (secondary N) is 2. The van der Waals surface area contributed by atoms with Gasteiger partial charge in [0, 0.05) is 67.1 Å². The second-order valence-corrected chi connectivity index (χ2v) is 12.0. The maximum atomic E-state index is 14.0. The molecule has 39 heavy (non-hydrogen) atoms. The van der Waals surface area contributed by atoms with Crippen LogP contribution in [0.3, 0.4) is 0 Å². The van der Waals surface area contributed by atoms with Crippen molar-refractivity contribution in [2.45, 2.75) is 51.4 Å². The predicted octanol–water partition coefficient (Wildman–Crippen LogP) is 5.40. The van der Waals surface area contributed by atoms with Crippen LogP contribution in [0.4, 0.5) is 29.7 Å². The number of pyridine rings is 1. The first-order chi connectivity index (χ1) is 18.5. The van der Waals surface area contributed by atoms with E-state index in [0.29, 0.717) is 36.1 Å². The van der Waals surface area contributed by atoms with Crippen LogP contribution < -0.4 is 10.2 Å². The Morgan fingerprint density at radius 1 is 1.15 bits per heavy atom. The van der Waals surface area contributed by atoms with Crippen LogP contribution in [-0.4, -0.2) is 80.3 Å². The topological polar surface area (TPSA) is 99.3 Å². The van der Waals surface area contributed by atoms with E-state index in [1.54, 1.807) is 31.7 Å². The highest BCUT2D eigenvalue weighted by atomic mass is 32.2. The minimum Gasteiger partial charge on any atom is -0.444 e. The number of amides is 1. The first-order valence-electron chi connectivity index (χ1n) is 13.0. The summed E-state index contributed by atoms with van der Waals surface area (Å²) in [7, 11) is 0. The Labute approximate surface area is 228 Å². The van der Waals surface area contributed by atoms with Gasteiger partial charge in [-0.15, -0.1) is 0 Å². The lowest BCUT2D eigenvalue weighted by Gasteiger charge is -2.34. The number of fused-ring (bicyclic) bond motifs is 1. The van der Waals surface area contributed by atoms with E-state index in [1.165, 1.54) is 6.20 Å². The third-order valence-corrected chi connectivity index (χ3v) is 7.56. The van der Waals surface area contributed by atoms with Gasteiger partial charge in [-0.05, 0) is 45.7 Å². The summed E-state index contributed by atoms with van der Waals surface area (Å²) in [6.45, 7) is 8.04. The summed E-state index contributed by atoms with van der Waals surface area (Å²) in [6.07, 6.45) is -1.30. The van der Waals surface area contributed by atoms with Crippen molar-refractivity contribution in [3.63, 3.8) is 0 Å². The van der Waals surface area contributed by atoms with E-state index in [4.69, 9.17) is 4.74 Å². The van der Waals surface area contributed by atoms with Gasteiger partial charge in [-0.2, -0.15) is 24.9 Å². The Morgan fingerprint density at radius 2 is 1.92 bits per heavy atom. The average Bonchev–Trinajstić information content (AvgIpc) is 3.31. The molecule has 2 N–H and O–H groups in total. The fourth-order valence-electron chi connectivity index (χ4n) is 4.79. The first kappa shape index (κ1) is 27.4. The van der Waals surface area contributed by atoms with Crippen molar-refractivity contribution in [2.75, 3.05) is 47.9 Å². The highest BCUT2D eigenvalue weighted by Crippen LogP contribution is 2.39. The highest BCUT2D eigenvalue weighted by Gasteiger charge is 2.36. The van der Waals surface area contributed by atoms with Crippen LogP contribution in [0.2, 0.25) is 0 Å². The molecule has 3 aromatic rings. The van der Waals surface area contributed by atoms with Gasteiger partial charge in [-0.25, -0.2) is 19.7 Å². The molecule has 5 heterocycles. The van der Waals surface area contributed by atoms with Gasteiger partial charge in [0.15, 0.2) is 0 Å². The van der Waals surface area contributed by atoms with Crippen molar-refractivity contribution in [2.24, 2.45) is 0 Å². The number of piperidine rings is 1. The maximum absolute atomic E-state index is 14.0. The van der Waals surface area contributed by atoms with Crippen molar-refractivity contribution in [3.05, 3.63) is 30.1 Å². The number of carbonyl (C=O) groups excluding carboxylic acids is 1. The number of thioether (sulfide) groups is 1. The molecule has 0 unspecified atom stereocenters. The van der Waals surface area contributed by atoms with Crippen LogP contribution in [0.1, 0.15) is 39.2 Å². The molecule has 0 aliphatic carbocycles. The zero-order valence-electron chi connectivity index (χ0n) is 22.1. The van der Waals surface area contributed by atoms with Crippen LogP contribution in [-0.2, 0) is 10.9 Å². The molecule has 3 aromatic heterocycles. The maximum Gasteiger partial charge on any atom is 0.419 e. The Morgan fingerprint density at radius 3 is 2.64 bits per heavy atom.